The van der Waals surface area contributed by atoms with E-state index in [2.05, 4.69) is 36.2 Å². The van der Waals surface area contributed by atoms with Gasteiger partial charge in [-0.25, -0.2) is 0 Å². The first-order valence-corrected chi connectivity index (χ1v) is 7.38. The molecule has 2 N–H and O–H groups in total. The first-order chi connectivity index (χ1) is 9.23. The molecule has 2 fully saturated rings. The average molecular weight is 260 g/mol. The van der Waals surface area contributed by atoms with Gasteiger partial charge in [-0.3, -0.25) is 0 Å². The van der Waals surface area contributed by atoms with E-state index in [1.807, 2.05) is 0 Å². The molecule has 0 aromatic heterocycles. The van der Waals surface area contributed by atoms with Crippen molar-refractivity contribution in [1.29, 1.82) is 0 Å². The van der Waals surface area contributed by atoms with E-state index in [0.29, 0.717) is 6.10 Å². The molecule has 1 aromatic rings. The molecule has 3 heteroatoms. The Labute approximate surface area is 115 Å². The summed E-state index contributed by atoms with van der Waals surface area (Å²) in [6.45, 7) is 3.00. The molecule has 0 amide bonds. The van der Waals surface area contributed by atoms with Gasteiger partial charge in [-0.05, 0) is 38.8 Å². The Kier molecular flexibility index (Phi) is 3.50. The van der Waals surface area contributed by atoms with Gasteiger partial charge in [0, 0.05) is 30.6 Å². The maximum absolute atomic E-state index is 6.28. The van der Waals surface area contributed by atoms with Crippen LogP contribution in [-0.4, -0.2) is 37.7 Å². The van der Waals surface area contributed by atoms with Crippen LogP contribution in [0.15, 0.2) is 24.3 Å². The van der Waals surface area contributed by atoms with Crippen molar-refractivity contribution < 1.29 is 4.74 Å². The van der Waals surface area contributed by atoms with Crippen molar-refractivity contribution in [3.63, 3.8) is 0 Å². The highest BCUT2D eigenvalue weighted by Crippen LogP contribution is 2.50. The van der Waals surface area contributed by atoms with Crippen LogP contribution in [0.4, 0.5) is 0 Å². The van der Waals surface area contributed by atoms with Crippen LogP contribution >= 0.6 is 0 Å². The van der Waals surface area contributed by atoms with Crippen molar-refractivity contribution in [2.45, 2.75) is 37.2 Å². The lowest BCUT2D eigenvalue weighted by molar-refractivity contribution is 0.113. The fourth-order valence-electron chi connectivity index (χ4n) is 3.02. The first-order valence-electron chi connectivity index (χ1n) is 7.38. The van der Waals surface area contributed by atoms with Crippen LogP contribution in [0.25, 0.3) is 0 Å². The van der Waals surface area contributed by atoms with E-state index < -0.39 is 0 Å². The average Bonchev–Trinajstić information content (AvgIpc) is 3.23. The Balaban J connectivity index is 1.74. The smallest absolute Gasteiger partial charge is 0.123 e. The zero-order chi connectivity index (χ0) is 13.3. The van der Waals surface area contributed by atoms with Crippen molar-refractivity contribution in [3.05, 3.63) is 29.8 Å². The summed E-state index contributed by atoms with van der Waals surface area (Å²) in [4.78, 5) is 2.37. The van der Waals surface area contributed by atoms with Gasteiger partial charge in [0.05, 0.1) is 0 Å². The van der Waals surface area contributed by atoms with Crippen LogP contribution in [0.5, 0.6) is 5.75 Å². The second-order valence-electron chi connectivity index (χ2n) is 6.10. The molecule has 1 saturated heterocycles. The van der Waals surface area contributed by atoms with Crippen molar-refractivity contribution in [2.24, 2.45) is 5.73 Å². The lowest BCUT2D eigenvalue weighted by Crippen LogP contribution is -2.36. The predicted octanol–water partition coefficient (Wildman–Crippen LogP) is 2.15. The number of para-hydroxylation sites is 1. The number of likely N-dealkylation sites (tertiary alicyclic amines) is 1. The Morgan fingerprint density at radius 3 is 2.58 bits per heavy atom. The maximum Gasteiger partial charge on any atom is 0.123 e. The molecule has 0 bridgehead atoms. The number of ether oxygens (including phenoxy) is 1. The number of hydrogen-bond acceptors (Lipinski definition) is 3. The Hall–Kier alpha value is -1.06. The Morgan fingerprint density at radius 1 is 1.26 bits per heavy atom. The molecule has 19 heavy (non-hydrogen) atoms. The second kappa shape index (κ2) is 5.14. The third-order valence-electron chi connectivity index (χ3n) is 4.66. The van der Waals surface area contributed by atoms with Crippen molar-refractivity contribution in [3.8, 4) is 5.75 Å². The van der Waals surface area contributed by atoms with Gasteiger partial charge in [-0.1, -0.05) is 18.2 Å². The molecule has 1 aromatic carbocycles. The summed E-state index contributed by atoms with van der Waals surface area (Å²) in [5.41, 5.74) is 7.50. The van der Waals surface area contributed by atoms with Crippen molar-refractivity contribution in [2.75, 3.05) is 26.7 Å². The van der Waals surface area contributed by atoms with Gasteiger partial charge in [0.2, 0.25) is 0 Å². The fraction of sp³-hybridized carbons (Fsp3) is 0.625. The first kappa shape index (κ1) is 12.9. The zero-order valence-electron chi connectivity index (χ0n) is 11.8. The number of hydrogen-bond donors (Lipinski definition) is 1. The van der Waals surface area contributed by atoms with Gasteiger partial charge in [-0.15, -0.1) is 0 Å². The number of piperidine rings is 1. The minimum absolute atomic E-state index is 0.210. The summed E-state index contributed by atoms with van der Waals surface area (Å²) in [7, 11) is 2.18. The monoisotopic (exact) mass is 260 g/mol. The standard InChI is InChI=1S/C16H24N2O/c1-18-10-6-13(7-11-18)19-15-5-3-2-4-14(15)16(12-17)8-9-16/h2-5,13H,6-12,17H2,1H3. The predicted molar refractivity (Wildman–Crippen MR) is 77.6 cm³/mol. The highest BCUT2D eigenvalue weighted by Gasteiger charge is 2.44. The SMILES string of the molecule is CN1CCC(Oc2ccccc2C2(CN)CC2)CC1. The van der Waals surface area contributed by atoms with Crippen LogP contribution in [0.1, 0.15) is 31.2 Å². The molecule has 0 spiro atoms. The molecule has 1 aliphatic carbocycles. The van der Waals surface area contributed by atoms with E-state index in [1.54, 1.807) is 0 Å². The summed E-state index contributed by atoms with van der Waals surface area (Å²) in [6, 6.07) is 8.49. The molecular weight excluding hydrogens is 236 g/mol. The third kappa shape index (κ3) is 2.63. The number of nitrogens with two attached hydrogens (primary N) is 1. The molecule has 0 radical (unpaired) electrons. The van der Waals surface area contributed by atoms with Gasteiger partial charge in [0.1, 0.15) is 11.9 Å². The molecule has 1 heterocycles. The van der Waals surface area contributed by atoms with Crippen molar-refractivity contribution in [1.82, 2.24) is 4.90 Å². The molecule has 1 saturated carbocycles. The van der Waals surface area contributed by atoms with Crippen LogP contribution in [0, 0.1) is 0 Å². The van der Waals surface area contributed by atoms with E-state index in [0.717, 1.165) is 38.2 Å². The van der Waals surface area contributed by atoms with Gasteiger partial charge in [-0.2, -0.15) is 0 Å². The number of rotatable bonds is 4. The summed E-state index contributed by atoms with van der Waals surface area (Å²) >= 11 is 0. The largest absolute Gasteiger partial charge is 0.490 e. The maximum atomic E-state index is 6.28. The molecule has 104 valence electrons. The number of benzene rings is 1. The van der Waals surface area contributed by atoms with Crippen LogP contribution in [0.2, 0.25) is 0 Å². The quantitative estimate of drug-likeness (QED) is 0.901. The van der Waals surface area contributed by atoms with E-state index >= 15 is 0 Å². The zero-order valence-corrected chi connectivity index (χ0v) is 11.8. The highest BCUT2D eigenvalue weighted by atomic mass is 16.5. The van der Waals surface area contributed by atoms with E-state index in [9.17, 15) is 0 Å². The Bertz CT molecular complexity index is 434. The normalized spacial score (nSPS) is 23.3. The molecule has 3 rings (SSSR count). The minimum atomic E-state index is 0.210. The summed E-state index contributed by atoms with van der Waals surface area (Å²) < 4.78 is 6.28. The minimum Gasteiger partial charge on any atom is -0.490 e. The van der Waals surface area contributed by atoms with Gasteiger partial charge in [0.25, 0.3) is 0 Å². The van der Waals surface area contributed by atoms with E-state index in [-0.39, 0.29) is 5.41 Å². The Morgan fingerprint density at radius 2 is 1.95 bits per heavy atom. The molecule has 2 aliphatic rings. The topological polar surface area (TPSA) is 38.5 Å². The highest BCUT2D eigenvalue weighted by molar-refractivity contribution is 5.43. The second-order valence-corrected chi connectivity index (χ2v) is 6.10. The van der Waals surface area contributed by atoms with Crippen molar-refractivity contribution >= 4 is 0 Å². The lowest BCUT2D eigenvalue weighted by atomic mass is 9.95. The molecule has 1 aliphatic heterocycles. The van der Waals surface area contributed by atoms with E-state index in [1.165, 1.54) is 18.4 Å². The lowest BCUT2D eigenvalue weighted by Gasteiger charge is -2.30. The number of nitrogens with zero attached hydrogens (tertiary/aromatic N) is 1. The van der Waals surface area contributed by atoms with Gasteiger partial charge >= 0.3 is 0 Å². The summed E-state index contributed by atoms with van der Waals surface area (Å²) in [5, 5.41) is 0. The third-order valence-corrected chi connectivity index (χ3v) is 4.66. The molecule has 0 unspecified atom stereocenters. The summed E-state index contributed by atoms with van der Waals surface area (Å²) in [6.07, 6.45) is 5.03. The van der Waals surface area contributed by atoms with E-state index in [4.69, 9.17) is 10.5 Å². The molecular formula is C16H24N2O. The van der Waals surface area contributed by atoms with Gasteiger partial charge in [0.15, 0.2) is 0 Å². The fourth-order valence-corrected chi connectivity index (χ4v) is 3.02. The van der Waals surface area contributed by atoms with Crippen LogP contribution < -0.4 is 10.5 Å². The van der Waals surface area contributed by atoms with Crippen LogP contribution in [0.3, 0.4) is 0 Å². The summed E-state index contributed by atoms with van der Waals surface area (Å²) in [5.74, 6) is 1.07. The van der Waals surface area contributed by atoms with Crippen LogP contribution in [-0.2, 0) is 5.41 Å². The molecule has 0 atom stereocenters. The van der Waals surface area contributed by atoms with Gasteiger partial charge < -0.3 is 15.4 Å². The molecule has 3 nitrogen and oxygen atoms in total.